The minimum Gasteiger partial charge on any atom is -0.327 e. The van der Waals surface area contributed by atoms with Gasteiger partial charge in [0.15, 0.2) is 0 Å². The van der Waals surface area contributed by atoms with Gasteiger partial charge < -0.3 is 4.57 Å². The first-order valence-corrected chi connectivity index (χ1v) is 7.87. The van der Waals surface area contributed by atoms with Crippen molar-refractivity contribution in [2.75, 3.05) is 0 Å². The topological polar surface area (TPSA) is 17.8 Å². The Hall–Kier alpha value is -1.09. The molecule has 1 heterocycles. The fourth-order valence-electron chi connectivity index (χ4n) is 2.53. The van der Waals surface area contributed by atoms with Crippen molar-refractivity contribution in [1.82, 2.24) is 9.55 Å². The van der Waals surface area contributed by atoms with Gasteiger partial charge in [-0.25, -0.2) is 9.37 Å². The number of hydrogen-bond acceptors (Lipinski definition) is 1. The number of unbranched alkanes of at least 4 members (excludes halogenated alkanes) is 4. The van der Waals surface area contributed by atoms with E-state index in [1.54, 1.807) is 6.07 Å². The van der Waals surface area contributed by atoms with Gasteiger partial charge in [0, 0.05) is 12.6 Å². The van der Waals surface area contributed by atoms with Crippen molar-refractivity contribution in [2.24, 2.45) is 0 Å². The number of nitrogens with zero attached hydrogens (tertiary/aromatic N) is 2. The van der Waals surface area contributed by atoms with Gasteiger partial charge >= 0.3 is 0 Å². The predicted molar refractivity (Wildman–Crippen MR) is 82.7 cm³/mol. The van der Waals surface area contributed by atoms with Gasteiger partial charge in [-0.3, -0.25) is 0 Å². The molecule has 0 aliphatic heterocycles. The minimum atomic E-state index is -0.251. The number of aromatic nitrogens is 2. The summed E-state index contributed by atoms with van der Waals surface area (Å²) < 4.78 is 15.4. The van der Waals surface area contributed by atoms with Crippen LogP contribution in [0.2, 0.25) is 0 Å². The summed E-state index contributed by atoms with van der Waals surface area (Å²) in [6, 6.07) is 4.76. The van der Waals surface area contributed by atoms with Crippen molar-refractivity contribution >= 4 is 22.6 Å². The third-order valence-electron chi connectivity index (χ3n) is 3.58. The normalized spacial score (nSPS) is 13.0. The Labute approximate surface area is 125 Å². The van der Waals surface area contributed by atoms with Gasteiger partial charge in [0.05, 0.1) is 16.4 Å². The molecule has 2 aromatic rings. The van der Waals surface area contributed by atoms with Gasteiger partial charge in [-0.15, -0.1) is 11.6 Å². The fraction of sp³-hybridized carbons (Fsp3) is 0.562. The number of imidazole rings is 1. The van der Waals surface area contributed by atoms with Crippen LogP contribution in [0.3, 0.4) is 0 Å². The highest BCUT2D eigenvalue weighted by Gasteiger charge is 2.14. The molecule has 1 atom stereocenters. The maximum atomic E-state index is 13.3. The Morgan fingerprint density at radius 3 is 2.70 bits per heavy atom. The van der Waals surface area contributed by atoms with Gasteiger partial charge in [0.2, 0.25) is 0 Å². The van der Waals surface area contributed by atoms with Crippen LogP contribution in [0, 0.1) is 5.82 Å². The molecule has 1 aromatic carbocycles. The van der Waals surface area contributed by atoms with E-state index in [1.807, 2.05) is 6.92 Å². The van der Waals surface area contributed by atoms with Crippen LogP contribution in [-0.4, -0.2) is 9.55 Å². The molecule has 0 radical (unpaired) electrons. The molecule has 0 aliphatic rings. The number of fused-ring (bicyclic) bond motifs is 1. The average molecular weight is 297 g/mol. The molecule has 1 unspecified atom stereocenters. The lowest BCUT2D eigenvalue weighted by atomic mass is 10.1. The molecular weight excluding hydrogens is 275 g/mol. The van der Waals surface area contributed by atoms with Crippen LogP contribution >= 0.6 is 11.6 Å². The van der Waals surface area contributed by atoms with Crippen LogP contribution in [0.15, 0.2) is 18.2 Å². The van der Waals surface area contributed by atoms with Crippen molar-refractivity contribution in [3.63, 3.8) is 0 Å². The van der Waals surface area contributed by atoms with Crippen LogP contribution in [0.5, 0.6) is 0 Å². The zero-order valence-electron chi connectivity index (χ0n) is 12.2. The standard InChI is InChI=1S/C16H22ClFN2/c1-3-4-5-6-7-10-20-15-9-8-13(18)11-14(15)19-16(20)12(2)17/h8-9,11-12H,3-7,10H2,1-2H3. The maximum Gasteiger partial charge on any atom is 0.127 e. The molecule has 4 heteroatoms. The summed E-state index contributed by atoms with van der Waals surface area (Å²) in [6.07, 6.45) is 6.12. The number of alkyl halides is 1. The second kappa shape index (κ2) is 7.07. The van der Waals surface area contributed by atoms with Gasteiger partial charge in [-0.05, 0) is 25.5 Å². The molecular formula is C16H22ClFN2. The SMILES string of the molecule is CCCCCCCn1c(C(C)Cl)nc2cc(F)ccc21. The maximum absolute atomic E-state index is 13.3. The van der Waals surface area contributed by atoms with Crippen molar-refractivity contribution < 1.29 is 4.39 Å². The molecule has 110 valence electrons. The summed E-state index contributed by atoms with van der Waals surface area (Å²) in [6.45, 7) is 5.02. The van der Waals surface area contributed by atoms with Crippen LogP contribution < -0.4 is 0 Å². The molecule has 0 aliphatic carbocycles. The summed E-state index contributed by atoms with van der Waals surface area (Å²) in [4.78, 5) is 4.48. The van der Waals surface area contributed by atoms with Crippen LogP contribution in [0.25, 0.3) is 11.0 Å². The molecule has 0 saturated heterocycles. The Bertz CT molecular complexity index is 563. The number of benzene rings is 1. The smallest absolute Gasteiger partial charge is 0.127 e. The quantitative estimate of drug-likeness (QED) is 0.491. The average Bonchev–Trinajstić information content (AvgIpc) is 2.76. The van der Waals surface area contributed by atoms with Gasteiger partial charge in [0.1, 0.15) is 11.6 Å². The lowest BCUT2D eigenvalue weighted by molar-refractivity contribution is 0.562. The molecule has 0 N–H and O–H groups in total. The second-order valence-electron chi connectivity index (χ2n) is 5.28. The number of hydrogen-bond donors (Lipinski definition) is 0. The Kier molecular flexibility index (Phi) is 5.41. The van der Waals surface area contributed by atoms with Crippen LogP contribution in [0.4, 0.5) is 4.39 Å². The summed E-state index contributed by atoms with van der Waals surface area (Å²) in [5, 5.41) is -0.166. The van der Waals surface area contributed by atoms with Gasteiger partial charge in [-0.1, -0.05) is 32.6 Å². The van der Waals surface area contributed by atoms with Crippen molar-refractivity contribution in [3.8, 4) is 0 Å². The zero-order chi connectivity index (χ0) is 14.5. The molecule has 0 fully saturated rings. The van der Waals surface area contributed by atoms with E-state index in [0.29, 0.717) is 5.52 Å². The fourth-order valence-corrected chi connectivity index (χ4v) is 2.70. The first-order valence-electron chi connectivity index (χ1n) is 7.43. The van der Waals surface area contributed by atoms with E-state index in [0.717, 1.165) is 24.3 Å². The van der Waals surface area contributed by atoms with Crippen LogP contribution in [-0.2, 0) is 6.54 Å². The largest absolute Gasteiger partial charge is 0.327 e. The molecule has 20 heavy (non-hydrogen) atoms. The summed E-state index contributed by atoms with van der Waals surface area (Å²) in [7, 11) is 0. The first kappa shape index (κ1) is 15.3. The van der Waals surface area contributed by atoms with Gasteiger partial charge in [-0.2, -0.15) is 0 Å². The van der Waals surface area contributed by atoms with Crippen LogP contribution in [0.1, 0.15) is 57.2 Å². The molecule has 1 aromatic heterocycles. The molecule has 0 bridgehead atoms. The number of halogens is 2. The Morgan fingerprint density at radius 1 is 1.25 bits per heavy atom. The molecule has 0 spiro atoms. The predicted octanol–water partition coefficient (Wildman–Crippen LogP) is 5.45. The van der Waals surface area contributed by atoms with Crippen molar-refractivity contribution in [3.05, 3.63) is 29.8 Å². The third-order valence-corrected chi connectivity index (χ3v) is 3.78. The first-order chi connectivity index (χ1) is 9.63. The van der Waals surface area contributed by atoms with Crippen molar-refractivity contribution in [1.29, 1.82) is 0 Å². The van der Waals surface area contributed by atoms with E-state index in [9.17, 15) is 4.39 Å². The van der Waals surface area contributed by atoms with E-state index < -0.39 is 0 Å². The lowest BCUT2D eigenvalue weighted by Crippen LogP contribution is -2.04. The number of rotatable bonds is 7. The highest BCUT2D eigenvalue weighted by Crippen LogP contribution is 2.25. The third kappa shape index (κ3) is 3.51. The monoisotopic (exact) mass is 296 g/mol. The molecule has 2 nitrogen and oxygen atoms in total. The minimum absolute atomic E-state index is 0.166. The van der Waals surface area contributed by atoms with Gasteiger partial charge in [0.25, 0.3) is 0 Å². The molecule has 0 saturated carbocycles. The van der Waals surface area contributed by atoms with E-state index in [4.69, 9.17) is 11.6 Å². The Balaban J connectivity index is 2.18. The summed E-state index contributed by atoms with van der Waals surface area (Å²) in [5.41, 5.74) is 1.67. The van der Waals surface area contributed by atoms with E-state index in [-0.39, 0.29) is 11.2 Å². The zero-order valence-corrected chi connectivity index (χ0v) is 13.0. The van der Waals surface area contributed by atoms with E-state index in [2.05, 4.69) is 16.5 Å². The molecule has 2 rings (SSSR count). The summed E-state index contributed by atoms with van der Waals surface area (Å²) >= 11 is 6.21. The highest BCUT2D eigenvalue weighted by atomic mass is 35.5. The Morgan fingerprint density at radius 2 is 2.00 bits per heavy atom. The van der Waals surface area contributed by atoms with E-state index >= 15 is 0 Å². The molecule has 0 amide bonds. The lowest BCUT2D eigenvalue weighted by Gasteiger charge is -2.10. The van der Waals surface area contributed by atoms with Crippen molar-refractivity contribution in [2.45, 2.75) is 57.9 Å². The summed E-state index contributed by atoms with van der Waals surface area (Å²) in [5.74, 6) is 0.585. The number of aryl methyl sites for hydroxylation is 1. The van der Waals surface area contributed by atoms with E-state index in [1.165, 1.54) is 37.8 Å². The second-order valence-corrected chi connectivity index (χ2v) is 5.94. The highest BCUT2D eigenvalue weighted by molar-refractivity contribution is 6.20.